The third-order valence-corrected chi connectivity index (χ3v) is 1.61. The van der Waals surface area contributed by atoms with Gasteiger partial charge in [0.15, 0.2) is 0 Å². The number of nitrogens with zero attached hydrogens (tertiary/aromatic N) is 2. The molecule has 0 spiro atoms. The molecule has 0 unspecified atom stereocenters. The van der Waals surface area contributed by atoms with Crippen molar-refractivity contribution in [2.75, 3.05) is 24.7 Å². The fraction of sp³-hybridized carbons (Fsp3) is 0.375. The fourth-order valence-electron chi connectivity index (χ4n) is 0.952. The summed E-state index contributed by atoms with van der Waals surface area (Å²) in [6.07, 6.45) is 0.228. The molecule has 0 bridgehead atoms. The Morgan fingerprint density at radius 2 is 2.33 bits per heavy atom. The lowest BCUT2D eigenvalue weighted by Crippen LogP contribution is -2.16. The maximum absolute atomic E-state index is 10.5. The molecule has 0 atom stereocenters. The minimum absolute atomic E-state index is 0.107. The first-order valence-corrected chi connectivity index (χ1v) is 4.32. The molecule has 0 aliphatic heterocycles. The lowest BCUT2D eigenvalue weighted by molar-refractivity contribution is -0.117. The molecule has 1 heterocycles. The van der Waals surface area contributed by atoms with Crippen LogP contribution in [0.4, 0.5) is 11.8 Å². The molecule has 0 aliphatic rings. The highest BCUT2D eigenvalue weighted by molar-refractivity contribution is 5.74. The zero-order chi connectivity index (χ0) is 11.3. The quantitative estimate of drug-likeness (QED) is 0.596. The number of nitrogen functional groups attached to an aromatic ring is 1. The number of aromatic nitrogens is 2. The number of hydrogen-bond acceptors (Lipinski definition) is 6. The molecule has 15 heavy (non-hydrogen) atoms. The van der Waals surface area contributed by atoms with Crippen LogP contribution in [0, 0.1) is 0 Å². The predicted octanol–water partition coefficient (Wildman–Crippen LogP) is -0.645. The van der Waals surface area contributed by atoms with Crippen molar-refractivity contribution < 1.29 is 9.53 Å². The second-order valence-electron chi connectivity index (χ2n) is 2.80. The molecule has 7 nitrogen and oxygen atoms in total. The second kappa shape index (κ2) is 4.99. The van der Waals surface area contributed by atoms with Crippen LogP contribution >= 0.6 is 0 Å². The molecular weight excluding hydrogens is 198 g/mol. The molecule has 0 fully saturated rings. The Hall–Kier alpha value is -2.05. The normalized spacial score (nSPS) is 9.67. The Balaban J connectivity index is 2.60. The number of hydrogen-bond donors (Lipinski definition) is 3. The topological polar surface area (TPSA) is 116 Å². The van der Waals surface area contributed by atoms with E-state index in [1.54, 1.807) is 6.07 Å². The summed E-state index contributed by atoms with van der Waals surface area (Å²) in [7, 11) is 1.48. The first-order chi connectivity index (χ1) is 7.11. The van der Waals surface area contributed by atoms with Gasteiger partial charge in [-0.2, -0.15) is 9.97 Å². The molecule has 1 aromatic heterocycles. The molecule has 1 amide bonds. The van der Waals surface area contributed by atoms with Crippen LogP contribution in [0.1, 0.15) is 6.42 Å². The summed E-state index contributed by atoms with van der Waals surface area (Å²) < 4.78 is 4.90. The van der Waals surface area contributed by atoms with Crippen molar-refractivity contribution in [3.05, 3.63) is 6.07 Å². The number of ether oxygens (including phenoxy) is 1. The average Bonchev–Trinajstić information content (AvgIpc) is 2.16. The third-order valence-electron chi connectivity index (χ3n) is 1.61. The van der Waals surface area contributed by atoms with Crippen LogP contribution in [0.5, 0.6) is 5.88 Å². The number of amides is 1. The Morgan fingerprint density at radius 3 is 2.93 bits per heavy atom. The minimum atomic E-state index is -0.378. The van der Waals surface area contributed by atoms with E-state index in [1.807, 2.05) is 0 Å². The van der Waals surface area contributed by atoms with E-state index in [-0.39, 0.29) is 18.3 Å². The standard InChI is InChI=1S/C8H13N5O2/c1-15-7-4-6(12-8(10)13-7)11-3-2-5(9)14/h4H,2-3H2,1H3,(H2,9,14)(H3,10,11,12,13). The van der Waals surface area contributed by atoms with Gasteiger partial charge in [-0.25, -0.2) is 0 Å². The van der Waals surface area contributed by atoms with Gasteiger partial charge in [-0.3, -0.25) is 4.79 Å². The summed E-state index contributed by atoms with van der Waals surface area (Å²) in [6.45, 7) is 0.398. The highest BCUT2D eigenvalue weighted by Crippen LogP contribution is 2.13. The van der Waals surface area contributed by atoms with Crippen LogP contribution < -0.4 is 21.5 Å². The van der Waals surface area contributed by atoms with E-state index in [4.69, 9.17) is 16.2 Å². The fourth-order valence-corrected chi connectivity index (χ4v) is 0.952. The minimum Gasteiger partial charge on any atom is -0.481 e. The van der Waals surface area contributed by atoms with Gasteiger partial charge in [0, 0.05) is 19.0 Å². The Kier molecular flexibility index (Phi) is 3.67. The maximum Gasteiger partial charge on any atom is 0.225 e. The molecule has 1 rings (SSSR count). The van der Waals surface area contributed by atoms with Gasteiger partial charge < -0.3 is 21.5 Å². The van der Waals surface area contributed by atoms with E-state index < -0.39 is 0 Å². The number of methoxy groups -OCH3 is 1. The monoisotopic (exact) mass is 211 g/mol. The molecule has 0 radical (unpaired) electrons. The molecule has 0 aliphatic carbocycles. The zero-order valence-electron chi connectivity index (χ0n) is 8.36. The van der Waals surface area contributed by atoms with Gasteiger partial charge in [0.1, 0.15) is 5.82 Å². The molecular formula is C8H13N5O2. The average molecular weight is 211 g/mol. The summed E-state index contributed by atoms with van der Waals surface area (Å²) >= 11 is 0. The Labute approximate surface area is 86.8 Å². The molecule has 7 heteroatoms. The second-order valence-corrected chi connectivity index (χ2v) is 2.80. The van der Waals surface area contributed by atoms with Gasteiger partial charge in [0.2, 0.25) is 17.7 Å². The van der Waals surface area contributed by atoms with Gasteiger partial charge in [-0.15, -0.1) is 0 Å². The molecule has 82 valence electrons. The van der Waals surface area contributed by atoms with Crippen LogP contribution in [0.3, 0.4) is 0 Å². The maximum atomic E-state index is 10.5. The third kappa shape index (κ3) is 3.67. The van der Waals surface area contributed by atoms with Gasteiger partial charge in [-0.05, 0) is 0 Å². The molecule has 0 saturated heterocycles. The molecule has 0 aromatic carbocycles. The van der Waals surface area contributed by atoms with Gasteiger partial charge in [-0.1, -0.05) is 0 Å². The number of nitrogens with one attached hydrogen (secondary N) is 1. The number of nitrogens with two attached hydrogens (primary N) is 2. The van der Waals surface area contributed by atoms with Crippen molar-refractivity contribution in [3.63, 3.8) is 0 Å². The Morgan fingerprint density at radius 1 is 1.60 bits per heavy atom. The first kappa shape index (κ1) is 11.0. The lowest BCUT2D eigenvalue weighted by atomic mass is 10.4. The zero-order valence-corrected chi connectivity index (χ0v) is 8.36. The van der Waals surface area contributed by atoms with Crippen molar-refractivity contribution in [3.8, 4) is 5.88 Å². The first-order valence-electron chi connectivity index (χ1n) is 4.32. The lowest BCUT2D eigenvalue weighted by Gasteiger charge is -2.06. The van der Waals surface area contributed by atoms with E-state index in [2.05, 4.69) is 15.3 Å². The van der Waals surface area contributed by atoms with Crippen LogP contribution in [0.25, 0.3) is 0 Å². The number of anilines is 2. The number of primary amides is 1. The largest absolute Gasteiger partial charge is 0.481 e. The van der Waals surface area contributed by atoms with Crippen LogP contribution in [-0.4, -0.2) is 29.5 Å². The highest BCUT2D eigenvalue weighted by Gasteiger charge is 2.02. The van der Waals surface area contributed by atoms with E-state index in [9.17, 15) is 4.79 Å². The predicted molar refractivity (Wildman–Crippen MR) is 55.3 cm³/mol. The van der Waals surface area contributed by atoms with Crippen molar-refractivity contribution in [2.45, 2.75) is 6.42 Å². The highest BCUT2D eigenvalue weighted by atomic mass is 16.5. The summed E-state index contributed by atoms with van der Waals surface area (Å²) in [4.78, 5) is 18.2. The van der Waals surface area contributed by atoms with E-state index >= 15 is 0 Å². The van der Waals surface area contributed by atoms with Crippen LogP contribution in [-0.2, 0) is 4.79 Å². The van der Waals surface area contributed by atoms with Crippen molar-refractivity contribution in [1.29, 1.82) is 0 Å². The SMILES string of the molecule is COc1cc(NCCC(N)=O)nc(N)n1. The van der Waals surface area contributed by atoms with E-state index in [0.717, 1.165) is 0 Å². The van der Waals surface area contributed by atoms with E-state index in [1.165, 1.54) is 7.11 Å². The van der Waals surface area contributed by atoms with Crippen LogP contribution in [0.15, 0.2) is 6.07 Å². The molecule has 1 aromatic rings. The Bertz CT molecular complexity index is 355. The number of carbonyl (C=O) groups is 1. The number of rotatable bonds is 5. The molecule has 0 saturated carbocycles. The van der Waals surface area contributed by atoms with Gasteiger partial charge >= 0.3 is 0 Å². The number of carbonyl (C=O) groups excluding carboxylic acids is 1. The van der Waals surface area contributed by atoms with Crippen molar-refractivity contribution in [2.24, 2.45) is 5.73 Å². The van der Waals surface area contributed by atoms with Crippen molar-refractivity contribution >= 4 is 17.7 Å². The molecule has 5 N–H and O–H groups in total. The van der Waals surface area contributed by atoms with Gasteiger partial charge in [0.25, 0.3) is 0 Å². The van der Waals surface area contributed by atoms with Crippen molar-refractivity contribution in [1.82, 2.24) is 9.97 Å². The summed E-state index contributed by atoms with van der Waals surface area (Å²) in [5.41, 5.74) is 10.4. The summed E-state index contributed by atoms with van der Waals surface area (Å²) in [5, 5.41) is 2.88. The summed E-state index contributed by atoms with van der Waals surface area (Å²) in [5.74, 6) is 0.595. The smallest absolute Gasteiger partial charge is 0.225 e. The van der Waals surface area contributed by atoms with Crippen LogP contribution in [0.2, 0.25) is 0 Å². The summed E-state index contributed by atoms with van der Waals surface area (Å²) in [6, 6.07) is 1.58. The van der Waals surface area contributed by atoms with E-state index in [0.29, 0.717) is 18.2 Å². The van der Waals surface area contributed by atoms with Gasteiger partial charge in [0.05, 0.1) is 7.11 Å².